The van der Waals surface area contributed by atoms with Crippen molar-refractivity contribution in [3.8, 4) is 0 Å². The number of aliphatic imine (C=N–C) groups is 1. The molecule has 114 valence electrons. The molecule has 1 aromatic heterocycles. The van der Waals surface area contributed by atoms with E-state index in [1.54, 1.807) is 7.05 Å². The molecular formula is C15H26IN3O. The molecule has 0 aromatic carbocycles. The topological polar surface area (TPSA) is 40.8 Å². The van der Waals surface area contributed by atoms with Gasteiger partial charge >= 0.3 is 0 Å². The van der Waals surface area contributed by atoms with Crippen LogP contribution in [0.1, 0.15) is 29.9 Å². The van der Waals surface area contributed by atoms with Gasteiger partial charge in [-0.15, -0.1) is 30.6 Å². The number of aryl methyl sites for hydroxylation is 2. The Morgan fingerprint density at radius 2 is 2.20 bits per heavy atom. The minimum Gasteiger partial charge on any atom is -0.466 e. The summed E-state index contributed by atoms with van der Waals surface area (Å²) in [6.07, 6.45) is 4.06. The minimum atomic E-state index is 0. The van der Waals surface area contributed by atoms with Gasteiger partial charge < -0.3 is 14.6 Å². The Hall–Kier alpha value is -0.980. The van der Waals surface area contributed by atoms with Gasteiger partial charge in [-0.05, 0) is 32.8 Å². The lowest BCUT2D eigenvalue weighted by Crippen LogP contribution is -2.39. The van der Waals surface area contributed by atoms with Crippen LogP contribution in [0.25, 0.3) is 0 Å². The number of nitrogens with zero attached hydrogens (tertiary/aromatic N) is 2. The first kappa shape index (κ1) is 19.0. The predicted octanol–water partition coefficient (Wildman–Crippen LogP) is 3.49. The molecule has 0 amide bonds. The van der Waals surface area contributed by atoms with Crippen LogP contribution in [0, 0.1) is 13.8 Å². The van der Waals surface area contributed by atoms with Gasteiger partial charge in [-0.3, -0.25) is 4.99 Å². The Balaban J connectivity index is 0.00000361. The molecule has 0 spiro atoms. The summed E-state index contributed by atoms with van der Waals surface area (Å²) < 4.78 is 5.52. The van der Waals surface area contributed by atoms with Crippen LogP contribution in [-0.2, 0) is 6.54 Å². The Morgan fingerprint density at radius 3 is 2.70 bits per heavy atom. The second-order valence-electron chi connectivity index (χ2n) is 4.69. The van der Waals surface area contributed by atoms with Gasteiger partial charge in [0.05, 0.1) is 0 Å². The molecule has 0 atom stereocenters. The lowest BCUT2D eigenvalue weighted by atomic mass is 10.2. The third-order valence-corrected chi connectivity index (χ3v) is 3.06. The van der Waals surface area contributed by atoms with Crippen LogP contribution in [-0.4, -0.2) is 31.5 Å². The van der Waals surface area contributed by atoms with E-state index in [1.807, 2.05) is 27.0 Å². The van der Waals surface area contributed by atoms with Gasteiger partial charge in [0.25, 0.3) is 0 Å². The molecule has 0 aliphatic heterocycles. The standard InChI is InChI=1S/C15H25N3O.HI/c1-6-7-8-9-18(5)15(16-4)17-11-14-10-12(2)19-13(14)3;/h6,10H,1,7-9,11H2,2-5H3,(H,16,17);1H. The molecule has 0 bridgehead atoms. The van der Waals surface area contributed by atoms with Gasteiger partial charge in [0, 0.05) is 32.7 Å². The fraction of sp³-hybridized carbons (Fsp3) is 0.533. The van der Waals surface area contributed by atoms with Crippen LogP contribution >= 0.6 is 24.0 Å². The van der Waals surface area contributed by atoms with E-state index in [1.165, 1.54) is 5.56 Å². The van der Waals surface area contributed by atoms with Gasteiger partial charge in [0.15, 0.2) is 5.96 Å². The summed E-state index contributed by atoms with van der Waals surface area (Å²) in [5.41, 5.74) is 1.18. The third-order valence-electron chi connectivity index (χ3n) is 3.06. The SMILES string of the molecule is C=CCCCN(C)C(=NC)NCc1cc(C)oc1C.I. The van der Waals surface area contributed by atoms with Crippen LogP contribution in [0.2, 0.25) is 0 Å². The fourth-order valence-electron chi connectivity index (χ4n) is 2.00. The quantitative estimate of drug-likeness (QED) is 0.265. The summed E-state index contributed by atoms with van der Waals surface area (Å²) in [5.74, 6) is 2.82. The van der Waals surface area contributed by atoms with Crippen molar-refractivity contribution in [3.63, 3.8) is 0 Å². The van der Waals surface area contributed by atoms with Crippen LogP contribution < -0.4 is 5.32 Å². The Bertz CT molecular complexity index is 440. The lowest BCUT2D eigenvalue weighted by molar-refractivity contribution is 0.468. The molecule has 0 aliphatic rings. The highest BCUT2D eigenvalue weighted by Crippen LogP contribution is 2.13. The number of guanidine groups is 1. The number of hydrogen-bond donors (Lipinski definition) is 1. The van der Waals surface area contributed by atoms with E-state index in [0.717, 1.165) is 43.4 Å². The molecule has 4 nitrogen and oxygen atoms in total. The Kier molecular flexibility index (Phi) is 9.37. The molecule has 20 heavy (non-hydrogen) atoms. The molecule has 1 heterocycles. The fourth-order valence-corrected chi connectivity index (χ4v) is 2.00. The van der Waals surface area contributed by atoms with E-state index in [2.05, 4.69) is 27.9 Å². The summed E-state index contributed by atoms with van der Waals surface area (Å²) >= 11 is 0. The van der Waals surface area contributed by atoms with Gasteiger partial charge in [-0.25, -0.2) is 0 Å². The van der Waals surface area contributed by atoms with Crippen molar-refractivity contribution in [3.05, 3.63) is 35.8 Å². The lowest BCUT2D eigenvalue weighted by Gasteiger charge is -2.21. The van der Waals surface area contributed by atoms with Gasteiger partial charge in [-0.1, -0.05) is 6.08 Å². The molecule has 1 rings (SSSR count). The highest BCUT2D eigenvalue weighted by atomic mass is 127. The third kappa shape index (κ3) is 5.98. The van der Waals surface area contributed by atoms with Crippen LogP contribution in [0.15, 0.2) is 28.1 Å². The maximum atomic E-state index is 5.52. The number of nitrogens with one attached hydrogen (secondary N) is 1. The second kappa shape index (κ2) is 9.85. The average Bonchev–Trinajstić information content (AvgIpc) is 2.69. The first-order valence-electron chi connectivity index (χ1n) is 6.67. The van der Waals surface area contributed by atoms with E-state index in [4.69, 9.17) is 4.42 Å². The molecule has 0 radical (unpaired) electrons. The molecule has 0 fully saturated rings. The zero-order valence-electron chi connectivity index (χ0n) is 12.9. The monoisotopic (exact) mass is 391 g/mol. The van der Waals surface area contributed by atoms with E-state index in [0.29, 0.717) is 0 Å². The molecule has 0 saturated heterocycles. The van der Waals surface area contributed by atoms with Crippen molar-refractivity contribution < 1.29 is 4.42 Å². The smallest absolute Gasteiger partial charge is 0.193 e. The van der Waals surface area contributed by atoms with E-state index in [9.17, 15) is 0 Å². The summed E-state index contributed by atoms with van der Waals surface area (Å²) in [6.45, 7) is 9.39. The molecule has 0 saturated carbocycles. The average molecular weight is 391 g/mol. The summed E-state index contributed by atoms with van der Waals surface area (Å²) in [5, 5.41) is 3.36. The maximum absolute atomic E-state index is 5.52. The van der Waals surface area contributed by atoms with Gasteiger partial charge in [0.1, 0.15) is 11.5 Å². The molecule has 1 aromatic rings. The molecular weight excluding hydrogens is 365 g/mol. The highest BCUT2D eigenvalue weighted by molar-refractivity contribution is 14.0. The van der Waals surface area contributed by atoms with Crippen molar-refractivity contribution in [2.24, 2.45) is 4.99 Å². The van der Waals surface area contributed by atoms with Gasteiger partial charge in [0.2, 0.25) is 0 Å². The first-order valence-corrected chi connectivity index (χ1v) is 6.67. The highest BCUT2D eigenvalue weighted by Gasteiger charge is 2.08. The Morgan fingerprint density at radius 1 is 1.50 bits per heavy atom. The van der Waals surface area contributed by atoms with Crippen molar-refractivity contribution >= 4 is 29.9 Å². The van der Waals surface area contributed by atoms with Crippen molar-refractivity contribution in [2.45, 2.75) is 33.2 Å². The second-order valence-corrected chi connectivity index (χ2v) is 4.69. The zero-order valence-corrected chi connectivity index (χ0v) is 15.2. The molecule has 1 N–H and O–H groups in total. The number of furan rings is 1. The normalized spacial score (nSPS) is 10.9. The predicted molar refractivity (Wildman–Crippen MR) is 95.9 cm³/mol. The van der Waals surface area contributed by atoms with Crippen LogP contribution in [0.3, 0.4) is 0 Å². The molecule has 0 unspecified atom stereocenters. The number of rotatable bonds is 6. The van der Waals surface area contributed by atoms with E-state index < -0.39 is 0 Å². The number of halogens is 1. The molecule has 5 heteroatoms. The number of hydrogen-bond acceptors (Lipinski definition) is 2. The van der Waals surface area contributed by atoms with E-state index in [-0.39, 0.29) is 24.0 Å². The Labute approximate surface area is 139 Å². The van der Waals surface area contributed by atoms with E-state index >= 15 is 0 Å². The molecule has 0 aliphatic carbocycles. The summed E-state index contributed by atoms with van der Waals surface area (Å²) in [7, 11) is 3.85. The van der Waals surface area contributed by atoms with Crippen LogP contribution in [0.5, 0.6) is 0 Å². The first-order chi connectivity index (χ1) is 9.08. The number of unbranched alkanes of at least 4 members (excludes halogenated alkanes) is 1. The number of allylic oxidation sites excluding steroid dienone is 1. The van der Waals surface area contributed by atoms with Crippen LogP contribution in [0.4, 0.5) is 0 Å². The van der Waals surface area contributed by atoms with Gasteiger partial charge in [-0.2, -0.15) is 0 Å². The maximum Gasteiger partial charge on any atom is 0.193 e. The summed E-state index contributed by atoms with van der Waals surface area (Å²) in [4.78, 5) is 6.42. The van der Waals surface area contributed by atoms with Crippen molar-refractivity contribution in [1.29, 1.82) is 0 Å². The van der Waals surface area contributed by atoms with Crippen molar-refractivity contribution in [2.75, 3.05) is 20.6 Å². The van der Waals surface area contributed by atoms with Crippen molar-refractivity contribution in [1.82, 2.24) is 10.2 Å². The summed E-state index contributed by atoms with van der Waals surface area (Å²) in [6, 6.07) is 2.06. The largest absolute Gasteiger partial charge is 0.466 e. The zero-order chi connectivity index (χ0) is 14.3. The minimum absolute atomic E-state index is 0.